The first-order chi connectivity index (χ1) is 9.66. The Kier molecular flexibility index (Phi) is 3.40. The van der Waals surface area contributed by atoms with Crippen LogP contribution in [0.4, 0.5) is 0 Å². The lowest BCUT2D eigenvalue weighted by Gasteiger charge is -2.32. The number of hydrogen-bond acceptors (Lipinski definition) is 4. The summed E-state index contributed by atoms with van der Waals surface area (Å²) in [7, 11) is 0. The van der Waals surface area contributed by atoms with Crippen LogP contribution < -0.4 is 5.73 Å². The molecule has 6 nitrogen and oxygen atoms in total. The predicted molar refractivity (Wildman–Crippen MR) is 75.2 cm³/mol. The lowest BCUT2D eigenvalue weighted by molar-refractivity contribution is -0.133. The number of pyridine rings is 1. The number of fused-ring (bicyclic) bond motifs is 1. The summed E-state index contributed by atoms with van der Waals surface area (Å²) in [5.74, 6) is 1.38. The Morgan fingerprint density at radius 3 is 2.80 bits per heavy atom. The molecule has 2 aromatic rings. The zero-order valence-electron chi connectivity index (χ0n) is 11.6. The van der Waals surface area contributed by atoms with Gasteiger partial charge in [0.25, 0.3) is 0 Å². The monoisotopic (exact) mass is 273 g/mol. The van der Waals surface area contributed by atoms with Crippen molar-refractivity contribution in [3.05, 3.63) is 30.2 Å². The van der Waals surface area contributed by atoms with Gasteiger partial charge in [-0.3, -0.25) is 9.20 Å². The second kappa shape index (κ2) is 5.20. The normalized spacial score (nSPS) is 18.4. The Balaban J connectivity index is 1.74. The number of amides is 1. The largest absolute Gasteiger partial charge is 0.341 e. The van der Waals surface area contributed by atoms with Crippen LogP contribution >= 0.6 is 0 Å². The quantitative estimate of drug-likeness (QED) is 0.877. The fourth-order valence-electron chi connectivity index (χ4n) is 2.78. The Morgan fingerprint density at radius 2 is 2.10 bits per heavy atom. The number of piperidine rings is 1. The molecule has 6 heteroatoms. The molecule has 1 amide bonds. The topological polar surface area (TPSA) is 76.5 Å². The summed E-state index contributed by atoms with van der Waals surface area (Å²) in [5.41, 5.74) is 6.52. The van der Waals surface area contributed by atoms with Crippen LogP contribution in [0, 0.1) is 0 Å². The molecule has 0 aliphatic carbocycles. The van der Waals surface area contributed by atoms with Gasteiger partial charge in [0, 0.05) is 25.2 Å². The summed E-state index contributed by atoms with van der Waals surface area (Å²) < 4.78 is 2.04. The van der Waals surface area contributed by atoms with Crippen molar-refractivity contribution in [2.45, 2.75) is 31.7 Å². The molecule has 1 atom stereocenters. The first-order valence-corrected chi connectivity index (χ1v) is 7.01. The second-order valence-corrected chi connectivity index (χ2v) is 5.38. The molecule has 1 saturated heterocycles. The summed E-state index contributed by atoms with van der Waals surface area (Å²) in [6, 6.07) is 5.47. The number of rotatable bonds is 2. The van der Waals surface area contributed by atoms with Gasteiger partial charge in [-0.25, -0.2) is 0 Å². The molecule has 0 aromatic carbocycles. The van der Waals surface area contributed by atoms with E-state index in [2.05, 4.69) is 10.2 Å². The lowest BCUT2D eigenvalue weighted by atomic mass is 9.95. The molecule has 0 bridgehead atoms. The molecule has 106 valence electrons. The van der Waals surface area contributed by atoms with Gasteiger partial charge in [0.2, 0.25) is 5.91 Å². The van der Waals surface area contributed by atoms with Crippen molar-refractivity contribution < 1.29 is 4.79 Å². The summed E-state index contributed by atoms with van der Waals surface area (Å²) in [5, 5.41) is 8.50. The van der Waals surface area contributed by atoms with E-state index in [4.69, 9.17) is 5.73 Å². The summed E-state index contributed by atoms with van der Waals surface area (Å²) >= 11 is 0. The van der Waals surface area contributed by atoms with Gasteiger partial charge in [0.15, 0.2) is 5.65 Å². The smallest absolute Gasteiger partial charge is 0.239 e. The van der Waals surface area contributed by atoms with Crippen LogP contribution in [0.25, 0.3) is 5.65 Å². The second-order valence-electron chi connectivity index (χ2n) is 5.38. The Labute approximate surface area is 117 Å². The molecule has 1 aliphatic rings. The minimum atomic E-state index is -0.416. The van der Waals surface area contributed by atoms with Crippen molar-refractivity contribution in [2.24, 2.45) is 5.73 Å². The van der Waals surface area contributed by atoms with Crippen molar-refractivity contribution >= 4 is 11.6 Å². The van der Waals surface area contributed by atoms with Gasteiger partial charge >= 0.3 is 0 Å². The number of likely N-dealkylation sites (tertiary alicyclic amines) is 1. The SMILES string of the molecule is C[C@@H](N)C(=O)N1CCC(c2nnc3ccccn23)CC1. The zero-order chi connectivity index (χ0) is 14.1. The van der Waals surface area contributed by atoms with Gasteiger partial charge in [-0.1, -0.05) is 6.07 Å². The van der Waals surface area contributed by atoms with Crippen LogP contribution in [0.2, 0.25) is 0 Å². The Bertz CT molecular complexity index is 613. The van der Waals surface area contributed by atoms with Crippen molar-refractivity contribution in [1.82, 2.24) is 19.5 Å². The summed E-state index contributed by atoms with van der Waals surface area (Å²) in [4.78, 5) is 13.7. The number of nitrogens with two attached hydrogens (primary N) is 1. The number of carbonyl (C=O) groups is 1. The van der Waals surface area contributed by atoms with Crippen LogP contribution in [0.15, 0.2) is 24.4 Å². The van der Waals surface area contributed by atoms with Gasteiger partial charge in [-0.05, 0) is 31.9 Å². The summed E-state index contributed by atoms with van der Waals surface area (Å²) in [6.45, 7) is 3.22. The molecule has 1 aliphatic heterocycles. The van der Waals surface area contributed by atoms with Crippen LogP contribution in [0.1, 0.15) is 31.5 Å². The minimum absolute atomic E-state index is 0.0366. The van der Waals surface area contributed by atoms with Crippen molar-refractivity contribution in [2.75, 3.05) is 13.1 Å². The van der Waals surface area contributed by atoms with E-state index in [1.54, 1.807) is 6.92 Å². The number of nitrogens with zero attached hydrogens (tertiary/aromatic N) is 4. The maximum atomic E-state index is 11.9. The third kappa shape index (κ3) is 2.27. The van der Waals surface area contributed by atoms with Gasteiger partial charge in [0.1, 0.15) is 5.82 Å². The number of hydrogen-bond donors (Lipinski definition) is 1. The molecule has 3 heterocycles. The minimum Gasteiger partial charge on any atom is -0.341 e. The molecule has 2 aromatic heterocycles. The van der Waals surface area contributed by atoms with Gasteiger partial charge in [0.05, 0.1) is 6.04 Å². The van der Waals surface area contributed by atoms with Gasteiger partial charge < -0.3 is 10.6 Å². The third-order valence-corrected chi connectivity index (χ3v) is 3.90. The molecule has 2 N–H and O–H groups in total. The lowest BCUT2D eigenvalue weighted by Crippen LogP contribution is -2.45. The van der Waals surface area contributed by atoms with Crippen LogP contribution in [-0.4, -0.2) is 44.5 Å². The van der Waals surface area contributed by atoms with E-state index in [0.29, 0.717) is 5.92 Å². The molecule has 3 rings (SSSR count). The fourth-order valence-corrected chi connectivity index (χ4v) is 2.78. The molecule has 0 unspecified atom stereocenters. The van der Waals surface area contributed by atoms with E-state index in [0.717, 1.165) is 37.4 Å². The molecule has 0 radical (unpaired) electrons. The van der Waals surface area contributed by atoms with E-state index in [1.807, 2.05) is 33.7 Å². The highest BCUT2D eigenvalue weighted by molar-refractivity contribution is 5.81. The highest BCUT2D eigenvalue weighted by Gasteiger charge is 2.27. The molecule has 0 spiro atoms. The highest BCUT2D eigenvalue weighted by Crippen LogP contribution is 2.27. The van der Waals surface area contributed by atoms with E-state index in [9.17, 15) is 4.79 Å². The molecule has 0 saturated carbocycles. The fraction of sp³-hybridized carbons (Fsp3) is 0.500. The van der Waals surface area contributed by atoms with Gasteiger partial charge in [-0.15, -0.1) is 10.2 Å². The van der Waals surface area contributed by atoms with Crippen LogP contribution in [-0.2, 0) is 4.79 Å². The standard InChI is InChI=1S/C14H19N5O/c1-10(15)14(20)18-8-5-11(6-9-18)13-17-16-12-4-2-3-7-19(12)13/h2-4,7,10-11H,5-6,8-9,15H2,1H3/t10-/m1/s1. The summed E-state index contributed by atoms with van der Waals surface area (Å²) in [6.07, 6.45) is 3.81. The van der Waals surface area contributed by atoms with E-state index in [-0.39, 0.29) is 5.91 Å². The Hall–Kier alpha value is -1.95. The molecular weight excluding hydrogens is 254 g/mol. The molecular formula is C14H19N5O. The van der Waals surface area contributed by atoms with Crippen LogP contribution in [0.3, 0.4) is 0 Å². The number of aromatic nitrogens is 3. The van der Waals surface area contributed by atoms with Crippen molar-refractivity contribution in [1.29, 1.82) is 0 Å². The van der Waals surface area contributed by atoms with Crippen molar-refractivity contribution in [3.63, 3.8) is 0 Å². The maximum absolute atomic E-state index is 11.9. The average Bonchev–Trinajstić information content (AvgIpc) is 2.90. The van der Waals surface area contributed by atoms with E-state index < -0.39 is 6.04 Å². The first kappa shape index (κ1) is 13.1. The van der Waals surface area contributed by atoms with E-state index >= 15 is 0 Å². The average molecular weight is 273 g/mol. The molecule has 1 fully saturated rings. The van der Waals surface area contributed by atoms with Crippen molar-refractivity contribution in [3.8, 4) is 0 Å². The van der Waals surface area contributed by atoms with Gasteiger partial charge in [-0.2, -0.15) is 0 Å². The molecule has 20 heavy (non-hydrogen) atoms. The predicted octanol–water partition coefficient (Wildman–Crippen LogP) is 0.782. The highest BCUT2D eigenvalue weighted by atomic mass is 16.2. The maximum Gasteiger partial charge on any atom is 0.239 e. The first-order valence-electron chi connectivity index (χ1n) is 7.01. The Morgan fingerprint density at radius 1 is 1.35 bits per heavy atom. The third-order valence-electron chi connectivity index (χ3n) is 3.90. The zero-order valence-corrected chi connectivity index (χ0v) is 11.6. The van der Waals surface area contributed by atoms with E-state index in [1.165, 1.54) is 0 Å². The van der Waals surface area contributed by atoms with Crippen LogP contribution in [0.5, 0.6) is 0 Å². The number of carbonyl (C=O) groups excluding carboxylic acids is 1.